The van der Waals surface area contributed by atoms with Gasteiger partial charge in [0.05, 0.1) is 17.8 Å². The predicted molar refractivity (Wildman–Crippen MR) is 94.5 cm³/mol. The van der Waals surface area contributed by atoms with E-state index in [4.69, 9.17) is 5.73 Å². The van der Waals surface area contributed by atoms with E-state index in [1.165, 1.54) is 17.4 Å². The molecule has 0 saturated heterocycles. The van der Waals surface area contributed by atoms with Crippen LogP contribution in [-0.4, -0.2) is 10.9 Å². The molecule has 1 aromatic heterocycles. The third-order valence-corrected chi connectivity index (χ3v) is 4.56. The van der Waals surface area contributed by atoms with E-state index in [1.54, 1.807) is 24.3 Å². The molecule has 0 aliphatic carbocycles. The molecule has 122 valence electrons. The number of hydrogen-bond acceptors (Lipinski definition) is 4. The van der Waals surface area contributed by atoms with Gasteiger partial charge in [-0.2, -0.15) is 0 Å². The molecule has 1 amide bonds. The second kappa shape index (κ2) is 6.80. The second-order valence-electron chi connectivity index (χ2n) is 5.34. The van der Waals surface area contributed by atoms with Gasteiger partial charge in [-0.1, -0.05) is 24.3 Å². The van der Waals surface area contributed by atoms with Crippen LogP contribution >= 0.6 is 11.3 Å². The molecule has 0 aliphatic heterocycles. The Morgan fingerprint density at radius 3 is 2.79 bits per heavy atom. The number of halogens is 1. The van der Waals surface area contributed by atoms with E-state index in [1.807, 2.05) is 24.4 Å². The molecule has 2 aromatic carbocycles. The molecule has 0 spiro atoms. The highest BCUT2D eigenvalue weighted by atomic mass is 32.1. The Morgan fingerprint density at radius 1 is 1.25 bits per heavy atom. The highest BCUT2D eigenvalue weighted by molar-refractivity contribution is 7.13. The van der Waals surface area contributed by atoms with Crippen LogP contribution in [0.2, 0.25) is 0 Å². The molecule has 0 aliphatic rings. The van der Waals surface area contributed by atoms with Crippen molar-refractivity contribution in [3.05, 3.63) is 70.5 Å². The number of hydrogen-bond donors (Lipinski definition) is 2. The largest absolute Gasteiger partial charge is 0.379 e. The number of primary amides is 1. The third-order valence-electron chi connectivity index (χ3n) is 3.64. The number of aromatic nitrogens is 1. The first-order valence-corrected chi connectivity index (χ1v) is 8.27. The maximum Gasteiger partial charge on any atom is 0.251 e. The van der Waals surface area contributed by atoms with E-state index in [9.17, 15) is 9.18 Å². The molecule has 0 fully saturated rings. The van der Waals surface area contributed by atoms with Crippen LogP contribution in [0.25, 0.3) is 10.6 Å². The van der Waals surface area contributed by atoms with Crippen LogP contribution in [0.3, 0.4) is 0 Å². The molecule has 3 rings (SSSR count). The summed E-state index contributed by atoms with van der Waals surface area (Å²) in [7, 11) is 0. The number of benzene rings is 2. The van der Waals surface area contributed by atoms with Crippen LogP contribution in [0.5, 0.6) is 0 Å². The van der Waals surface area contributed by atoms with Crippen molar-refractivity contribution in [2.75, 3.05) is 5.32 Å². The van der Waals surface area contributed by atoms with Gasteiger partial charge in [-0.25, -0.2) is 9.37 Å². The summed E-state index contributed by atoms with van der Waals surface area (Å²) in [6, 6.07) is 12.1. The van der Waals surface area contributed by atoms with Crippen LogP contribution < -0.4 is 11.1 Å². The lowest BCUT2D eigenvalue weighted by Crippen LogP contribution is -2.16. The summed E-state index contributed by atoms with van der Waals surface area (Å²) in [5.74, 6) is -0.762. The zero-order chi connectivity index (χ0) is 17.1. The van der Waals surface area contributed by atoms with Crippen molar-refractivity contribution in [2.24, 2.45) is 5.73 Å². The number of nitrogens with one attached hydrogen (secondary N) is 1. The first-order chi connectivity index (χ1) is 11.6. The number of carbonyl (C=O) groups excluding carboxylic acids is 1. The number of anilines is 1. The van der Waals surface area contributed by atoms with Gasteiger partial charge < -0.3 is 11.1 Å². The number of aryl methyl sites for hydroxylation is 1. The fraction of sp³-hybridized carbons (Fsp3) is 0.111. The highest BCUT2D eigenvalue weighted by Gasteiger charge is 2.12. The Bertz CT molecular complexity index is 891. The number of nitrogens with two attached hydrogens (primary N) is 1. The first-order valence-electron chi connectivity index (χ1n) is 7.39. The summed E-state index contributed by atoms with van der Waals surface area (Å²) in [5, 5.41) is 5.68. The molecule has 1 heterocycles. The van der Waals surface area contributed by atoms with Gasteiger partial charge in [0, 0.05) is 16.6 Å². The molecule has 24 heavy (non-hydrogen) atoms. The maximum atomic E-state index is 13.8. The molecular formula is C18H16FN3OS. The Kier molecular flexibility index (Phi) is 4.57. The van der Waals surface area contributed by atoms with Crippen LogP contribution in [0, 0.1) is 12.7 Å². The average molecular weight is 341 g/mol. The summed E-state index contributed by atoms with van der Waals surface area (Å²) in [6.07, 6.45) is 0. The topological polar surface area (TPSA) is 68.0 Å². The van der Waals surface area contributed by atoms with Crippen LogP contribution in [0.15, 0.2) is 47.8 Å². The molecule has 6 heteroatoms. The lowest BCUT2D eigenvalue weighted by atomic mass is 10.1. The van der Waals surface area contributed by atoms with Gasteiger partial charge in [0.25, 0.3) is 5.91 Å². The van der Waals surface area contributed by atoms with Crippen molar-refractivity contribution in [1.82, 2.24) is 4.98 Å². The minimum Gasteiger partial charge on any atom is -0.379 e. The molecule has 0 atom stereocenters. The molecule has 0 bridgehead atoms. The molecule has 0 saturated carbocycles. The number of nitrogens with zero attached hydrogens (tertiary/aromatic N) is 1. The molecule has 4 nitrogen and oxygen atoms in total. The maximum absolute atomic E-state index is 13.8. The summed E-state index contributed by atoms with van der Waals surface area (Å²) < 4.78 is 13.8. The first kappa shape index (κ1) is 16.1. The standard InChI is InChI=1S/C18H16FN3OS/c1-11-5-4-8-15(16(11)17(20)23)21-9-12-10-24-18(22-12)13-6-2-3-7-14(13)19/h2-8,10,21H,9H2,1H3,(H2,20,23). The summed E-state index contributed by atoms with van der Waals surface area (Å²) in [4.78, 5) is 16.1. The van der Waals surface area contributed by atoms with E-state index in [0.29, 0.717) is 28.4 Å². The van der Waals surface area contributed by atoms with Crippen LogP contribution in [-0.2, 0) is 6.54 Å². The number of carbonyl (C=O) groups is 1. The lowest BCUT2D eigenvalue weighted by Gasteiger charge is -2.11. The van der Waals surface area contributed by atoms with Gasteiger partial charge in [0.2, 0.25) is 0 Å². The Labute approximate surface area is 143 Å². The summed E-state index contributed by atoms with van der Waals surface area (Å²) in [5.41, 5.74) is 8.67. The second-order valence-corrected chi connectivity index (χ2v) is 6.20. The summed E-state index contributed by atoms with van der Waals surface area (Å²) in [6.45, 7) is 2.26. The van der Waals surface area contributed by atoms with Gasteiger partial charge in [0.1, 0.15) is 10.8 Å². The molecular weight excluding hydrogens is 325 g/mol. The van der Waals surface area contributed by atoms with E-state index in [2.05, 4.69) is 10.3 Å². The van der Waals surface area contributed by atoms with Crippen LogP contribution in [0.1, 0.15) is 21.6 Å². The fourth-order valence-corrected chi connectivity index (χ4v) is 3.32. The number of thiazole rings is 1. The molecule has 0 radical (unpaired) electrons. The van der Waals surface area contributed by atoms with Crippen molar-refractivity contribution in [1.29, 1.82) is 0 Å². The molecule has 0 unspecified atom stereocenters. The smallest absolute Gasteiger partial charge is 0.251 e. The minimum atomic E-state index is -0.471. The van der Waals surface area contributed by atoms with Crippen molar-refractivity contribution < 1.29 is 9.18 Å². The highest BCUT2D eigenvalue weighted by Crippen LogP contribution is 2.27. The zero-order valence-corrected chi connectivity index (χ0v) is 13.9. The van der Waals surface area contributed by atoms with E-state index in [0.717, 1.165) is 11.3 Å². The van der Waals surface area contributed by atoms with Gasteiger partial charge in [-0.3, -0.25) is 4.79 Å². The lowest BCUT2D eigenvalue weighted by molar-refractivity contribution is 0.100. The van der Waals surface area contributed by atoms with E-state index in [-0.39, 0.29) is 5.82 Å². The molecule has 3 aromatic rings. The average Bonchev–Trinajstić information content (AvgIpc) is 3.01. The quantitative estimate of drug-likeness (QED) is 0.738. The van der Waals surface area contributed by atoms with Gasteiger partial charge >= 0.3 is 0 Å². The van der Waals surface area contributed by atoms with Crippen molar-refractivity contribution in [3.63, 3.8) is 0 Å². The normalized spacial score (nSPS) is 10.6. The molecule has 3 N–H and O–H groups in total. The van der Waals surface area contributed by atoms with Crippen molar-refractivity contribution in [3.8, 4) is 10.6 Å². The van der Waals surface area contributed by atoms with Crippen molar-refractivity contribution in [2.45, 2.75) is 13.5 Å². The van der Waals surface area contributed by atoms with Crippen LogP contribution in [0.4, 0.5) is 10.1 Å². The van der Waals surface area contributed by atoms with Gasteiger partial charge in [-0.05, 0) is 30.7 Å². The van der Waals surface area contributed by atoms with Crippen molar-refractivity contribution >= 4 is 22.9 Å². The summed E-state index contributed by atoms with van der Waals surface area (Å²) >= 11 is 1.38. The monoisotopic (exact) mass is 341 g/mol. The van der Waals surface area contributed by atoms with E-state index < -0.39 is 5.91 Å². The Morgan fingerprint density at radius 2 is 2.04 bits per heavy atom. The number of rotatable bonds is 5. The Balaban J connectivity index is 1.79. The van der Waals surface area contributed by atoms with Gasteiger partial charge in [-0.15, -0.1) is 11.3 Å². The third kappa shape index (κ3) is 3.28. The van der Waals surface area contributed by atoms with Gasteiger partial charge in [0.15, 0.2) is 0 Å². The number of amides is 1. The fourth-order valence-electron chi connectivity index (χ4n) is 2.47. The Hall–Kier alpha value is -2.73. The SMILES string of the molecule is Cc1cccc(NCc2csc(-c3ccccc3F)n2)c1C(N)=O. The zero-order valence-electron chi connectivity index (χ0n) is 13.0. The predicted octanol–water partition coefficient (Wildman–Crippen LogP) is 3.97. The minimum absolute atomic E-state index is 0.291. The van der Waals surface area contributed by atoms with E-state index >= 15 is 0 Å².